The minimum absolute atomic E-state index is 0.0934. The minimum atomic E-state index is -0.769. The summed E-state index contributed by atoms with van der Waals surface area (Å²) in [7, 11) is 0. The van der Waals surface area contributed by atoms with Gasteiger partial charge in [-0.25, -0.2) is 0 Å². The molecule has 1 aliphatic carbocycles. The third-order valence-corrected chi connectivity index (χ3v) is 5.98. The lowest BCUT2D eigenvalue weighted by molar-refractivity contribution is -0.144. The highest BCUT2D eigenvalue weighted by atomic mass is 32.1. The Labute approximate surface area is 128 Å². The molecule has 2 unspecified atom stereocenters. The smallest absolute Gasteiger partial charge is 0.306 e. The first-order chi connectivity index (χ1) is 9.97. The Hall–Kier alpha value is -1.36. The third kappa shape index (κ3) is 2.59. The van der Waals surface area contributed by atoms with Gasteiger partial charge in [0.05, 0.1) is 11.5 Å². The highest BCUT2D eigenvalue weighted by Gasteiger charge is 2.38. The average Bonchev–Trinajstić information content (AvgIpc) is 2.79. The number of likely N-dealkylation sites (tertiary alicyclic amines) is 1. The van der Waals surface area contributed by atoms with Crippen molar-refractivity contribution in [1.82, 2.24) is 4.90 Å². The van der Waals surface area contributed by atoms with Gasteiger partial charge in [0.1, 0.15) is 0 Å². The molecule has 0 bridgehead atoms. The lowest BCUT2D eigenvalue weighted by atomic mass is 9.85. The number of amides is 1. The molecule has 5 heteroatoms. The van der Waals surface area contributed by atoms with E-state index >= 15 is 0 Å². The maximum atomic E-state index is 12.6. The fraction of sp³-hybridized carbons (Fsp3) is 0.625. The number of thiophene rings is 1. The van der Waals surface area contributed by atoms with Crippen LogP contribution in [0.15, 0.2) is 5.38 Å². The van der Waals surface area contributed by atoms with Crippen LogP contribution in [0.5, 0.6) is 0 Å². The largest absolute Gasteiger partial charge is 0.481 e. The number of rotatable bonds is 3. The molecule has 2 aliphatic rings. The van der Waals surface area contributed by atoms with Crippen LogP contribution in [0.3, 0.4) is 0 Å². The van der Waals surface area contributed by atoms with Crippen molar-refractivity contribution in [2.45, 2.75) is 33.1 Å². The van der Waals surface area contributed by atoms with Crippen LogP contribution < -0.4 is 0 Å². The number of nitrogens with zero attached hydrogens (tertiary/aromatic N) is 1. The molecule has 1 aliphatic heterocycles. The van der Waals surface area contributed by atoms with Crippen molar-refractivity contribution in [2.24, 2.45) is 17.8 Å². The molecule has 1 N–H and O–H groups in total. The van der Waals surface area contributed by atoms with Gasteiger partial charge in [-0.1, -0.05) is 13.8 Å². The Bertz CT molecular complexity index is 574. The van der Waals surface area contributed by atoms with E-state index in [-0.39, 0.29) is 17.7 Å². The summed E-state index contributed by atoms with van der Waals surface area (Å²) in [6, 6.07) is 0. The molecule has 4 nitrogen and oxygen atoms in total. The van der Waals surface area contributed by atoms with Gasteiger partial charge in [0.2, 0.25) is 0 Å². The first-order valence-corrected chi connectivity index (χ1v) is 8.46. The number of hydrogen-bond donors (Lipinski definition) is 1. The van der Waals surface area contributed by atoms with E-state index in [0.717, 1.165) is 24.8 Å². The van der Waals surface area contributed by atoms with Crippen LogP contribution in [0.25, 0.3) is 0 Å². The van der Waals surface area contributed by atoms with Crippen molar-refractivity contribution in [1.29, 1.82) is 0 Å². The van der Waals surface area contributed by atoms with Crippen LogP contribution in [0.4, 0.5) is 0 Å². The monoisotopic (exact) mass is 307 g/mol. The average molecular weight is 307 g/mol. The van der Waals surface area contributed by atoms with Gasteiger partial charge in [0, 0.05) is 29.3 Å². The molecule has 0 aromatic carbocycles. The number of fused-ring (bicyclic) bond motifs is 1. The summed E-state index contributed by atoms with van der Waals surface area (Å²) in [5.41, 5.74) is 2.11. The molecular formula is C16H21NO3S. The summed E-state index contributed by atoms with van der Waals surface area (Å²) in [6.45, 7) is 5.14. The van der Waals surface area contributed by atoms with E-state index in [4.69, 9.17) is 5.11 Å². The fourth-order valence-electron chi connectivity index (χ4n) is 3.22. The molecular weight excluding hydrogens is 286 g/mol. The number of carboxylic acids is 1. The van der Waals surface area contributed by atoms with Crippen LogP contribution in [0.2, 0.25) is 0 Å². The zero-order valence-corrected chi connectivity index (χ0v) is 13.3. The van der Waals surface area contributed by atoms with Crippen molar-refractivity contribution in [3.63, 3.8) is 0 Å². The first kappa shape index (κ1) is 14.6. The van der Waals surface area contributed by atoms with Crippen LogP contribution in [-0.2, 0) is 17.6 Å². The molecule has 114 valence electrons. The maximum Gasteiger partial charge on any atom is 0.306 e. The van der Waals surface area contributed by atoms with Gasteiger partial charge in [0.25, 0.3) is 5.91 Å². The minimum Gasteiger partial charge on any atom is -0.481 e. The lowest BCUT2D eigenvalue weighted by Gasteiger charge is -2.41. The van der Waals surface area contributed by atoms with Gasteiger partial charge in [-0.05, 0) is 30.7 Å². The van der Waals surface area contributed by atoms with Gasteiger partial charge >= 0.3 is 5.97 Å². The third-order valence-electron chi connectivity index (χ3n) is 4.93. The molecule has 1 saturated heterocycles. The van der Waals surface area contributed by atoms with Crippen LogP contribution in [0, 0.1) is 17.8 Å². The normalized spacial score (nSPS) is 23.3. The predicted molar refractivity (Wildman–Crippen MR) is 81.7 cm³/mol. The molecule has 2 atom stereocenters. The van der Waals surface area contributed by atoms with E-state index in [0.29, 0.717) is 19.0 Å². The molecule has 0 spiro atoms. The number of carbonyl (C=O) groups is 2. The zero-order valence-electron chi connectivity index (χ0n) is 12.5. The van der Waals surface area contributed by atoms with Gasteiger partial charge < -0.3 is 10.0 Å². The maximum absolute atomic E-state index is 12.6. The summed E-state index contributed by atoms with van der Waals surface area (Å²) < 4.78 is 0. The van der Waals surface area contributed by atoms with Crippen molar-refractivity contribution < 1.29 is 14.7 Å². The Morgan fingerprint density at radius 3 is 2.81 bits per heavy atom. The molecule has 0 radical (unpaired) electrons. The fourth-order valence-corrected chi connectivity index (χ4v) is 4.46. The predicted octanol–water partition coefficient (Wildman–Crippen LogP) is 2.67. The Morgan fingerprint density at radius 2 is 2.14 bits per heavy atom. The lowest BCUT2D eigenvalue weighted by Crippen LogP contribution is -2.53. The SMILES string of the molecule is CC1CCc2c(C(=O)N3CC(C(C)C(=O)O)C3)csc2C1. The van der Waals surface area contributed by atoms with Crippen molar-refractivity contribution in [3.05, 3.63) is 21.4 Å². The van der Waals surface area contributed by atoms with Crippen LogP contribution in [-0.4, -0.2) is 35.0 Å². The van der Waals surface area contributed by atoms with E-state index in [1.165, 1.54) is 10.4 Å². The van der Waals surface area contributed by atoms with Crippen molar-refractivity contribution >= 4 is 23.2 Å². The van der Waals surface area contributed by atoms with Gasteiger partial charge in [0.15, 0.2) is 0 Å². The van der Waals surface area contributed by atoms with Crippen LogP contribution >= 0.6 is 11.3 Å². The van der Waals surface area contributed by atoms with E-state index in [2.05, 4.69) is 6.92 Å². The molecule has 1 fully saturated rings. The van der Waals surface area contributed by atoms with Crippen LogP contribution in [0.1, 0.15) is 41.1 Å². The molecule has 3 rings (SSSR count). The molecule has 21 heavy (non-hydrogen) atoms. The Balaban J connectivity index is 1.67. The number of carboxylic acid groups (broad SMARTS) is 1. The first-order valence-electron chi connectivity index (χ1n) is 7.58. The molecule has 1 aromatic rings. The van der Waals surface area contributed by atoms with Gasteiger partial charge in [-0.3, -0.25) is 9.59 Å². The Morgan fingerprint density at radius 1 is 1.43 bits per heavy atom. The second-order valence-electron chi connectivity index (χ2n) is 6.50. The highest BCUT2D eigenvalue weighted by molar-refractivity contribution is 7.10. The van der Waals surface area contributed by atoms with Gasteiger partial charge in [-0.15, -0.1) is 11.3 Å². The molecule has 1 amide bonds. The number of aliphatic carboxylic acids is 1. The molecule has 0 saturated carbocycles. The number of hydrogen-bond acceptors (Lipinski definition) is 3. The summed E-state index contributed by atoms with van der Waals surface area (Å²) in [6.07, 6.45) is 3.25. The summed E-state index contributed by atoms with van der Waals surface area (Å²) in [5.74, 6) is -0.235. The standard InChI is InChI=1S/C16H21NO3S/c1-9-3-4-12-13(8-21-14(12)5-9)15(18)17-6-11(7-17)10(2)16(19)20/h8-11H,3-7H2,1-2H3,(H,19,20). The van der Waals surface area contributed by atoms with Crippen molar-refractivity contribution in [2.75, 3.05) is 13.1 Å². The van der Waals surface area contributed by atoms with E-state index < -0.39 is 5.97 Å². The van der Waals surface area contributed by atoms with E-state index in [9.17, 15) is 9.59 Å². The second kappa shape index (κ2) is 5.44. The summed E-state index contributed by atoms with van der Waals surface area (Å²) in [5, 5.41) is 11.0. The summed E-state index contributed by atoms with van der Waals surface area (Å²) in [4.78, 5) is 26.7. The molecule has 1 aromatic heterocycles. The van der Waals surface area contributed by atoms with E-state index in [1.54, 1.807) is 23.2 Å². The second-order valence-corrected chi connectivity index (χ2v) is 7.46. The topological polar surface area (TPSA) is 57.6 Å². The van der Waals surface area contributed by atoms with E-state index in [1.807, 2.05) is 5.38 Å². The van der Waals surface area contributed by atoms with Gasteiger partial charge in [-0.2, -0.15) is 0 Å². The van der Waals surface area contributed by atoms with Crippen molar-refractivity contribution in [3.8, 4) is 0 Å². The Kier molecular flexibility index (Phi) is 3.78. The highest BCUT2D eigenvalue weighted by Crippen LogP contribution is 2.35. The number of carbonyl (C=O) groups excluding carboxylic acids is 1. The molecule has 2 heterocycles. The quantitative estimate of drug-likeness (QED) is 0.934. The zero-order chi connectivity index (χ0) is 15.1. The summed E-state index contributed by atoms with van der Waals surface area (Å²) >= 11 is 1.71.